The summed E-state index contributed by atoms with van der Waals surface area (Å²) in [4.78, 5) is 16.5. The Morgan fingerprint density at radius 3 is 2.73 bits per heavy atom. The van der Waals surface area contributed by atoms with E-state index in [4.69, 9.17) is 4.74 Å². The van der Waals surface area contributed by atoms with Crippen molar-refractivity contribution in [2.75, 3.05) is 13.2 Å². The second-order valence-corrected chi connectivity index (χ2v) is 5.50. The van der Waals surface area contributed by atoms with E-state index in [0.29, 0.717) is 12.1 Å². The summed E-state index contributed by atoms with van der Waals surface area (Å²) in [5, 5.41) is 2.92. The molecule has 114 valence electrons. The van der Waals surface area contributed by atoms with Gasteiger partial charge in [-0.3, -0.25) is 9.78 Å². The molecule has 0 saturated carbocycles. The van der Waals surface area contributed by atoms with Gasteiger partial charge in [-0.05, 0) is 31.4 Å². The van der Waals surface area contributed by atoms with Crippen molar-refractivity contribution in [3.05, 3.63) is 54.2 Å². The predicted molar refractivity (Wildman–Crippen MR) is 85.6 cm³/mol. The molecule has 1 aromatic heterocycles. The largest absolute Gasteiger partial charge is 0.376 e. The van der Waals surface area contributed by atoms with Gasteiger partial charge in [0.05, 0.1) is 17.4 Å². The molecule has 1 saturated heterocycles. The molecule has 4 nitrogen and oxygen atoms in total. The molecule has 0 bridgehead atoms. The lowest BCUT2D eigenvalue weighted by Crippen LogP contribution is -2.35. The van der Waals surface area contributed by atoms with Gasteiger partial charge in [0.25, 0.3) is 5.91 Å². The highest BCUT2D eigenvalue weighted by atomic mass is 16.5. The Balaban J connectivity index is 1.59. The highest BCUT2D eigenvalue weighted by Crippen LogP contribution is 2.16. The fraction of sp³-hybridized carbons (Fsp3) is 0.333. The first-order valence-corrected chi connectivity index (χ1v) is 7.74. The first-order chi connectivity index (χ1) is 10.8. The summed E-state index contributed by atoms with van der Waals surface area (Å²) in [7, 11) is 0. The molecule has 1 fully saturated rings. The van der Waals surface area contributed by atoms with Crippen molar-refractivity contribution in [3.63, 3.8) is 0 Å². The van der Waals surface area contributed by atoms with Gasteiger partial charge in [-0.25, -0.2) is 0 Å². The fourth-order valence-electron chi connectivity index (χ4n) is 2.58. The number of pyridine rings is 1. The Hall–Kier alpha value is -2.20. The van der Waals surface area contributed by atoms with Crippen molar-refractivity contribution < 1.29 is 9.53 Å². The summed E-state index contributed by atoms with van der Waals surface area (Å²) in [6, 6.07) is 13.6. The van der Waals surface area contributed by atoms with Crippen LogP contribution in [0.15, 0.2) is 48.7 Å². The van der Waals surface area contributed by atoms with Crippen molar-refractivity contribution in [2.45, 2.75) is 25.4 Å². The molecule has 1 amide bonds. The number of hydrogen-bond acceptors (Lipinski definition) is 3. The lowest BCUT2D eigenvalue weighted by Gasteiger charge is -2.22. The molecule has 1 N–H and O–H groups in total. The number of hydrogen-bond donors (Lipinski definition) is 1. The third-order valence-electron chi connectivity index (χ3n) is 3.86. The minimum atomic E-state index is -0.0960. The molecule has 2 aromatic rings. The molecule has 3 rings (SSSR count). The Kier molecular flexibility index (Phi) is 4.81. The molecule has 1 unspecified atom stereocenters. The zero-order valence-corrected chi connectivity index (χ0v) is 12.5. The van der Waals surface area contributed by atoms with Crippen LogP contribution in [0.25, 0.3) is 11.3 Å². The number of ether oxygens (including phenoxy) is 1. The van der Waals surface area contributed by atoms with Gasteiger partial charge < -0.3 is 10.1 Å². The number of nitrogens with one attached hydrogen (secondary N) is 1. The van der Waals surface area contributed by atoms with Gasteiger partial charge in [0, 0.05) is 24.9 Å². The van der Waals surface area contributed by atoms with Gasteiger partial charge >= 0.3 is 0 Å². The summed E-state index contributed by atoms with van der Waals surface area (Å²) >= 11 is 0. The molecular formula is C18H20N2O2. The molecule has 1 aliphatic rings. The molecular weight excluding hydrogens is 276 g/mol. The van der Waals surface area contributed by atoms with Crippen LogP contribution in [0.3, 0.4) is 0 Å². The Labute approximate surface area is 130 Å². The minimum absolute atomic E-state index is 0.0960. The summed E-state index contributed by atoms with van der Waals surface area (Å²) in [6.07, 6.45) is 5.09. The molecule has 0 spiro atoms. The summed E-state index contributed by atoms with van der Waals surface area (Å²) in [5.41, 5.74) is 2.49. The monoisotopic (exact) mass is 296 g/mol. The van der Waals surface area contributed by atoms with Crippen LogP contribution < -0.4 is 5.32 Å². The molecule has 0 radical (unpaired) electrons. The molecule has 2 heterocycles. The highest BCUT2D eigenvalue weighted by molar-refractivity contribution is 5.94. The number of aromatic nitrogens is 1. The van der Waals surface area contributed by atoms with Gasteiger partial charge in [0.15, 0.2) is 0 Å². The minimum Gasteiger partial charge on any atom is -0.376 e. The van der Waals surface area contributed by atoms with E-state index in [1.165, 1.54) is 6.42 Å². The maximum atomic E-state index is 12.1. The van der Waals surface area contributed by atoms with Gasteiger partial charge in [-0.15, -0.1) is 0 Å². The molecule has 0 aliphatic carbocycles. The normalized spacial score (nSPS) is 17.9. The molecule has 22 heavy (non-hydrogen) atoms. The second kappa shape index (κ2) is 7.18. The number of rotatable bonds is 4. The zero-order valence-electron chi connectivity index (χ0n) is 12.5. The summed E-state index contributed by atoms with van der Waals surface area (Å²) in [5.74, 6) is -0.0960. The lowest BCUT2D eigenvalue weighted by atomic mass is 10.1. The number of carbonyl (C=O) groups excluding carboxylic acids is 1. The topological polar surface area (TPSA) is 51.2 Å². The van der Waals surface area contributed by atoms with Crippen LogP contribution in [0.1, 0.15) is 29.6 Å². The van der Waals surface area contributed by atoms with Crippen molar-refractivity contribution >= 4 is 5.91 Å². The van der Waals surface area contributed by atoms with Crippen LogP contribution in [-0.4, -0.2) is 30.1 Å². The lowest BCUT2D eigenvalue weighted by molar-refractivity contribution is 0.0169. The first kappa shape index (κ1) is 14.7. The van der Waals surface area contributed by atoms with Crippen molar-refractivity contribution in [1.29, 1.82) is 0 Å². The van der Waals surface area contributed by atoms with Gasteiger partial charge in [-0.1, -0.05) is 30.3 Å². The Morgan fingerprint density at radius 2 is 2.05 bits per heavy atom. The van der Waals surface area contributed by atoms with Crippen molar-refractivity contribution in [3.8, 4) is 11.3 Å². The third kappa shape index (κ3) is 3.71. The summed E-state index contributed by atoms with van der Waals surface area (Å²) < 4.78 is 5.61. The first-order valence-electron chi connectivity index (χ1n) is 7.74. The van der Waals surface area contributed by atoms with Crippen LogP contribution in [0.2, 0.25) is 0 Å². The van der Waals surface area contributed by atoms with Crippen LogP contribution in [0.4, 0.5) is 0 Å². The van der Waals surface area contributed by atoms with Crippen LogP contribution >= 0.6 is 0 Å². The van der Waals surface area contributed by atoms with Crippen LogP contribution in [-0.2, 0) is 4.74 Å². The van der Waals surface area contributed by atoms with E-state index in [1.807, 2.05) is 42.5 Å². The zero-order chi connectivity index (χ0) is 15.2. The van der Waals surface area contributed by atoms with Crippen LogP contribution in [0, 0.1) is 0 Å². The van der Waals surface area contributed by atoms with E-state index in [2.05, 4.69) is 10.3 Å². The maximum Gasteiger partial charge on any atom is 0.252 e. The van der Waals surface area contributed by atoms with Crippen LogP contribution in [0.5, 0.6) is 0 Å². The third-order valence-corrected chi connectivity index (χ3v) is 3.86. The van der Waals surface area contributed by atoms with Gasteiger partial charge in [0.2, 0.25) is 0 Å². The Bertz CT molecular complexity index is 605. The number of nitrogens with zero attached hydrogens (tertiary/aromatic N) is 1. The molecule has 1 aromatic carbocycles. The standard InChI is InChI=1S/C18H20N2O2/c21-18(20-13-16-8-4-5-11-22-16)15-9-10-17(19-12-15)14-6-2-1-3-7-14/h1-3,6-7,9-10,12,16H,4-5,8,11,13H2,(H,20,21). The molecule has 1 atom stereocenters. The van der Waals surface area contributed by atoms with Gasteiger partial charge in [0.1, 0.15) is 0 Å². The van der Waals surface area contributed by atoms with Crippen molar-refractivity contribution in [1.82, 2.24) is 10.3 Å². The van der Waals surface area contributed by atoms with E-state index < -0.39 is 0 Å². The number of benzene rings is 1. The van der Waals surface area contributed by atoms with E-state index in [1.54, 1.807) is 6.20 Å². The van der Waals surface area contributed by atoms with Gasteiger partial charge in [-0.2, -0.15) is 0 Å². The molecule has 1 aliphatic heterocycles. The SMILES string of the molecule is O=C(NCC1CCCCO1)c1ccc(-c2ccccc2)nc1. The maximum absolute atomic E-state index is 12.1. The highest BCUT2D eigenvalue weighted by Gasteiger charge is 2.15. The second-order valence-electron chi connectivity index (χ2n) is 5.50. The smallest absolute Gasteiger partial charge is 0.252 e. The average Bonchev–Trinajstić information content (AvgIpc) is 2.61. The number of carbonyl (C=O) groups is 1. The fourth-order valence-corrected chi connectivity index (χ4v) is 2.58. The Morgan fingerprint density at radius 1 is 1.18 bits per heavy atom. The van der Waals surface area contributed by atoms with E-state index in [0.717, 1.165) is 30.7 Å². The molecule has 4 heteroatoms. The average molecular weight is 296 g/mol. The predicted octanol–water partition coefficient (Wildman–Crippen LogP) is 3.05. The van der Waals surface area contributed by atoms with E-state index >= 15 is 0 Å². The quantitative estimate of drug-likeness (QED) is 0.943. The van der Waals surface area contributed by atoms with E-state index in [-0.39, 0.29) is 12.0 Å². The summed E-state index contributed by atoms with van der Waals surface area (Å²) in [6.45, 7) is 1.37. The van der Waals surface area contributed by atoms with E-state index in [9.17, 15) is 4.79 Å². The number of amides is 1. The van der Waals surface area contributed by atoms with Crippen molar-refractivity contribution in [2.24, 2.45) is 0 Å².